The second-order valence-electron chi connectivity index (χ2n) is 3.25. The highest BCUT2D eigenvalue weighted by atomic mass is 79.9. The van der Waals surface area contributed by atoms with Gasteiger partial charge in [0.1, 0.15) is 22.4 Å². The van der Waals surface area contributed by atoms with Crippen LogP contribution in [-0.4, -0.2) is 29.7 Å². The summed E-state index contributed by atoms with van der Waals surface area (Å²) in [4.78, 5) is 7.96. The molecule has 0 spiro atoms. The Kier molecular flexibility index (Phi) is 4.77. The van der Waals surface area contributed by atoms with Crippen molar-refractivity contribution in [3.8, 4) is 0 Å². The highest BCUT2D eigenvalue weighted by Gasteiger charge is 2.08. The van der Waals surface area contributed by atoms with Gasteiger partial charge in [-0.2, -0.15) is 0 Å². The minimum absolute atomic E-state index is 0.274. The normalized spacial score (nSPS) is 12.5. The Hall–Kier alpha value is -0.880. The largest absolute Gasteiger partial charge is 0.385 e. The first kappa shape index (κ1) is 12.2. The predicted octanol–water partition coefficient (Wildman–Crippen LogP) is 1.66. The third kappa shape index (κ3) is 3.64. The molecule has 0 radical (unpaired) electrons. The Morgan fingerprint density at radius 1 is 1.60 bits per heavy atom. The Morgan fingerprint density at radius 3 is 3.00 bits per heavy atom. The lowest BCUT2D eigenvalue weighted by Crippen LogP contribution is -2.18. The molecule has 1 heterocycles. The highest BCUT2D eigenvalue weighted by Crippen LogP contribution is 2.24. The van der Waals surface area contributed by atoms with Gasteiger partial charge in [0, 0.05) is 19.8 Å². The third-order valence-electron chi connectivity index (χ3n) is 1.95. The van der Waals surface area contributed by atoms with Gasteiger partial charge in [0.25, 0.3) is 0 Å². The van der Waals surface area contributed by atoms with Crippen LogP contribution in [0.25, 0.3) is 0 Å². The zero-order chi connectivity index (χ0) is 11.3. The van der Waals surface area contributed by atoms with Crippen molar-refractivity contribution < 1.29 is 4.74 Å². The third-order valence-corrected chi connectivity index (χ3v) is 2.74. The van der Waals surface area contributed by atoms with Crippen molar-refractivity contribution in [2.75, 3.05) is 24.8 Å². The van der Waals surface area contributed by atoms with Gasteiger partial charge in [-0.1, -0.05) is 0 Å². The summed E-state index contributed by atoms with van der Waals surface area (Å²) < 4.78 is 5.70. The number of anilines is 2. The van der Waals surface area contributed by atoms with Crippen LogP contribution in [0, 0.1) is 0 Å². The van der Waals surface area contributed by atoms with Crippen molar-refractivity contribution in [2.45, 2.75) is 19.4 Å². The van der Waals surface area contributed by atoms with E-state index in [1.807, 2.05) is 0 Å². The van der Waals surface area contributed by atoms with E-state index in [0.717, 1.165) is 6.42 Å². The Morgan fingerprint density at radius 2 is 2.33 bits per heavy atom. The van der Waals surface area contributed by atoms with E-state index in [9.17, 15) is 0 Å². The summed E-state index contributed by atoms with van der Waals surface area (Å²) in [7, 11) is 1.69. The van der Waals surface area contributed by atoms with E-state index >= 15 is 0 Å². The second kappa shape index (κ2) is 5.87. The van der Waals surface area contributed by atoms with E-state index in [4.69, 9.17) is 10.5 Å². The number of nitrogens with zero attached hydrogens (tertiary/aromatic N) is 2. The summed E-state index contributed by atoms with van der Waals surface area (Å²) in [6, 6.07) is 0.274. The van der Waals surface area contributed by atoms with Crippen LogP contribution in [0.4, 0.5) is 11.6 Å². The number of hydrogen-bond acceptors (Lipinski definition) is 5. The number of nitrogens with one attached hydrogen (secondary N) is 1. The van der Waals surface area contributed by atoms with Gasteiger partial charge >= 0.3 is 0 Å². The zero-order valence-corrected chi connectivity index (χ0v) is 10.4. The molecule has 6 heteroatoms. The average molecular weight is 275 g/mol. The molecule has 0 saturated heterocycles. The lowest BCUT2D eigenvalue weighted by Gasteiger charge is -2.15. The van der Waals surface area contributed by atoms with E-state index < -0.39 is 0 Å². The van der Waals surface area contributed by atoms with Crippen LogP contribution in [0.1, 0.15) is 13.3 Å². The van der Waals surface area contributed by atoms with Crippen molar-refractivity contribution in [1.82, 2.24) is 9.97 Å². The van der Waals surface area contributed by atoms with Crippen molar-refractivity contribution in [1.29, 1.82) is 0 Å². The summed E-state index contributed by atoms with van der Waals surface area (Å²) in [6.45, 7) is 2.77. The van der Waals surface area contributed by atoms with Gasteiger partial charge < -0.3 is 15.8 Å². The quantitative estimate of drug-likeness (QED) is 0.855. The van der Waals surface area contributed by atoms with Crippen LogP contribution in [0.15, 0.2) is 10.8 Å². The minimum Gasteiger partial charge on any atom is -0.385 e. The Balaban J connectivity index is 2.60. The van der Waals surface area contributed by atoms with Gasteiger partial charge in [-0.05, 0) is 29.3 Å². The zero-order valence-electron chi connectivity index (χ0n) is 8.83. The van der Waals surface area contributed by atoms with E-state index in [0.29, 0.717) is 22.7 Å². The fourth-order valence-corrected chi connectivity index (χ4v) is 1.40. The molecule has 5 nitrogen and oxygen atoms in total. The van der Waals surface area contributed by atoms with Crippen molar-refractivity contribution >= 4 is 27.6 Å². The molecule has 0 aromatic carbocycles. The summed E-state index contributed by atoms with van der Waals surface area (Å²) in [5.41, 5.74) is 5.63. The molecule has 3 N–H and O–H groups in total. The van der Waals surface area contributed by atoms with Gasteiger partial charge in [-0.3, -0.25) is 0 Å². The summed E-state index contributed by atoms with van der Waals surface area (Å²) in [5.74, 6) is 1.15. The number of nitrogens with two attached hydrogens (primary N) is 1. The monoisotopic (exact) mass is 274 g/mol. The molecule has 0 aliphatic carbocycles. The molecule has 0 amide bonds. The fourth-order valence-electron chi connectivity index (χ4n) is 1.08. The molecule has 0 aliphatic rings. The highest BCUT2D eigenvalue weighted by molar-refractivity contribution is 9.10. The first-order chi connectivity index (χ1) is 7.15. The molecule has 0 aliphatic heterocycles. The molecular weight excluding hydrogens is 260 g/mol. The second-order valence-corrected chi connectivity index (χ2v) is 4.04. The molecule has 1 rings (SSSR count). The molecule has 84 valence electrons. The number of halogens is 1. The van der Waals surface area contributed by atoms with Crippen LogP contribution in [0.5, 0.6) is 0 Å². The molecule has 1 unspecified atom stereocenters. The topological polar surface area (TPSA) is 73.1 Å². The van der Waals surface area contributed by atoms with Crippen molar-refractivity contribution in [2.24, 2.45) is 0 Å². The Bertz CT molecular complexity index is 321. The SMILES string of the molecule is COCCC(C)Nc1ncnc(N)c1Br. The molecular formula is C9H15BrN4O. The Labute approximate surface area is 97.6 Å². The maximum atomic E-state index is 5.63. The van der Waals surface area contributed by atoms with Gasteiger partial charge in [-0.25, -0.2) is 9.97 Å². The van der Waals surface area contributed by atoms with Crippen LogP contribution < -0.4 is 11.1 Å². The van der Waals surface area contributed by atoms with Gasteiger partial charge in [-0.15, -0.1) is 0 Å². The summed E-state index contributed by atoms with van der Waals surface area (Å²) in [6.07, 6.45) is 2.35. The molecule has 0 saturated carbocycles. The average Bonchev–Trinajstić information content (AvgIpc) is 2.22. The molecule has 1 aromatic rings. The van der Waals surface area contributed by atoms with E-state index in [1.54, 1.807) is 7.11 Å². The lowest BCUT2D eigenvalue weighted by molar-refractivity contribution is 0.191. The van der Waals surface area contributed by atoms with E-state index in [1.165, 1.54) is 6.33 Å². The van der Waals surface area contributed by atoms with Gasteiger partial charge in [0.2, 0.25) is 0 Å². The van der Waals surface area contributed by atoms with Gasteiger partial charge in [0.05, 0.1) is 0 Å². The predicted molar refractivity (Wildman–Crippen MR) is 63.7 cm³/mol. The van der Waals surface area contributed by atoms with Crippen LogP contribution in [-0.2, 0) is 4.74 Å². The van der Waals surface area contributed by atoms with E-state index in [-0.39, 0.29) is 6.04 Å². The minimum atomic E-state index is 0.274. The van der Waals surface area contributed by atoms with Crippen molar-refractivity contribution in [3.05, 3.63) is 10.8 Å². The standard InChI is InChI=1S/C9H15BrN4O/c1-6(3-4-15-2)14-9-7(10)8(11)12-5-13-9/h5-6H,3-4H2,1-2H3,(H3,11,12,13,14). The first-order valence-corrected chi connectivity index (χ1v) is 5.46. The maximum Gasteiger partial charge on any atom is 0.146 e. The number of ether oxygens (including phenoxy) is 1. The summed E-state index contributed by atoms with van der Waals surface area (Å²) >= 11 is 3.33. The number of rotatable bonds is 5. The molecule has 15 heavy (non-hydrogen) atoms. The number of methoxy groups -OCH3 is 1. The number of hydrogen-bond donors (Lipinski definition) is 2. The molecule has 0 bridgehead atoms. The van der Waals surface area contributed by atoms with Gasteiger partial charge in [0.15, 0.2) is 0 Å². The van der Waals surface area contributed by atoms with Crippen LogP contribution in [0.2, 0.25) is 0 Å². The van der Waals surface area contributed by atoms with Crippen molar-refractivity contribution in [3.63, 3.8) is 0 Å². The molecule has 0 fully saturated rings. The van der Waals surface area contributed by atoms with E-state index in [2.05, 4.69) is 38.1 Å². The van der Waals surface area contributed by atoms with Crippen LogP contribution in [0.3, 0.4) is 0 Å². The lowest BCUT2D eigenvalue weighted by atomic mass is 10.2. The first-order valence-electron chi connectivity index (χ1n) is 4.66. The molecule has 1 aromatic heterocycles. The number of aromatic nitrogens is 2. The number of nitrogen functional groups attached to an aromatic ring is 1. The summed E-state index contributed by atoms with van der Waals surface area (Å²) in [5, 5.41) is 3.23. The fraction of sp³-hybridized carbons (Fsp3) is 0.556. The smallest absolute Gasteiger partial charge is 0.146 e. The molecule has 1 atom stereocenters. The maximum absolute atomic E-state index is 5.63. The van der Waals surface area contributed by atoms with Crippen LogP contribution >= 0.6 is 15.9 Å².